The molecule has 122 valence electrons. The van der Waals surface area contributed by atoms with Gasteiger partial charge in [-0.25, -0.2) is 0 Å². The molecule has 6 nitrogen and oxygen atoms in total. The minimum Gasteiger partial charge on any atom is -0.341 e. The molecule has 1 amide bonds. The van der Waals surface area contributed by atoms with Gasteiger partial charge in [0.2, 0.25) is 11.8 Å². The number of aryl methyl sites for hydroxylation is 1. The van der Waals surface area contributed by atoms with Crippen LogP contribution in [0, 0.1) is 12.3 Å². The molecule has 0 spiro atoms. The minimum atomic E-state index is -0.111. The molecule has 0 atom stereocenters. The number of carbonyl (C=O) groups is 1. The van der Waals surface area contributed by atoms with Crippen LogP contribution in [-0.4, -0.2) is 52.0 Å². The fraction of sp³-hybridized carbons (Fsp3) is 0.812. The minimum absolute atomic E-state index is 0.111. The molecule has 2 aliphatic rings. The number of hydrogen-bond donors (Lipinski definition) is 0. The zero-order valence-electron chi connectivity index (χ0n) is 13.7. The summed E-state index contributed by atoms with van der Waals surface area (Å²) in [6.45, 7) is 8.20. The Labute approximate surface area is 131 Å². The first-order chi connectivity index (χ1) is 10.6. The van der Waals surface area contributed by atoms with Crippen molar-refractivity contribution in [2.75, 3.05) is 26.2 Å². The van der Waals surface area contributed by atoms with Crippen molar-refractivity contribution in [2.45, 2.75) is 52.5 Å². The predicted octanol–water partition coefficient (Wildman–Crippen LogP) is 1.99. The Morgan fingerprint density at radius 2 is 1.95 bits per heavy atom. The number of hydrogen-bond acceptors (Lipinski definition) is 5. The third kappa shape index (κ3) is 3.32. The highest BCUT2D eigenvalue weighted by Crippen LogP contribution is 2.39. The quantitative estimate of drug-likeness (QED) is 0.854. The van der Waals surface area contributed by atoms with Gasteiger partial charge in [-0.2, -0.15) is 4.98 Å². The summed E-state index contributed by atoms with van der Waals surface area (Å²) in [7, 11) is 0. The van der Waals surface area contributed by atoms with Crippen molar-refractivity contribution >= 4 is 5.91 Å². The maximum Gasteiger partial charge on any atom is 0.228 e. The van der Waals surface area contributed by atoms with Crippen LogP contribution in [0.1, 0.15) is 50.7 Å². The zero-order chi connectivity index (χ0) is 15.6. The van der Waals surface area contributed by atoms with Crippen molar-refractivity contribution in [3.05, 3.63) is 11.7 Å². The molecular weight excluding hydrogens is 280 g/mol. The topological polar surface area (TPSA) is 62.5 Å². The van der Waals surface area contributed by atoms with Crippen molar-refractivity contribution in [1.82, 2.24) is 19.9 Å². The Morgan fingerprint density at radius 1 is 1.18 bits per heavy atom. The second kappa shape index (κ2) is 6.36. The average Bonchev–Trinajstić information content (AvgIpc) is 3.03. The third-order valence-corrected chi connectivity index (χ3v) is 5.03. The highest BCUT2D eigenvalue weighted by atomic mass is 16.5. The van der Waals surface area contributed by atoms with Crippen LogP contribution in [-0.2, 0) is 11.3 Å². The summed E-state index contributed by atoms with van der Waals surface area (Å²) in [5, 5.41) is 3.96. The van der Waals surface area contributed by atoms with E-state index in [9.17, 15) is 4.79 Å². The molecule has 3 rings (SSSR count). The van der Waals surface area contributed by atoms with Crippen LogP contribution in [0.4, 0.5) is 0 Å². The average molecular weight is 306 g/mol. The maximum absolute atomic E-state index is 12.8. The van der Waals surface area contributed by atoms with Gasteiger partial charge < -0.3 is 9.42 Å². The van der Waals surface area contributed by atoms with Crippen LogP contribution < -0.4 is 0 Å². The first-order valence-electron chi connectivity index (χ1n) is 8.38. The van der Waals surface area contributed by atoms with E-state index in [2.05, 4.69) is 26.9 Å². The Balaban J connectivity index is 1.56. The van der Waals surface area contributed by atoms with Crippen molar-refractivity contribution in [1.29, 1.82) is 0 Å². The molecule has 2 heterocycles. The van der Waals surface area contributed by atoms with Crippen LogP contribution in [0.5, 0.6) is 0 Å². The Hall–Kier alpha value is -1.43. The summed E-state index contributed by atoms with van der Waals surface area (Å²) >= 11 is 0. The van der Waals surface area contributed by atoms with E-state index in [0.717, 1.165) is 51.3 Å². The fourth-order valence-electron chi connectivity index (χ4n) is 3.69. The highest BCUT2D eigenvalue weighted by molar-refractivity contribution is 5.82. The van der Waals surface area contributed by atoms with Gasteiger partial charge in [-0.1, -0.05) is 24.9 Å². The Kier molecular flexibility index (Phi) is 4.47. The van der Waals surface area contributed by atoms with E-state index >= 15 is 0 Å². The van der Waals surface area contributed by atoms with Crippen molar-refractivity contribution in [3.8, 4) is 0 Å². The van der Waals surface area contributed by atoms with Gasteiger partial charge in [0.05, 0.1) is 6.54 Å². The van der Waals surface area contributed by atoms with Gasteiger partial charge in [0.15, 0.2) is 5.82 Å². The van der Waals surface area contributed by atoms with Gasteiger partial charge in [-0.05, 0) is 19.3 Å². The summed E-state index contributed by atoms with van der Waals surface area (Å²) in [5.41, 5.74) is -0.111. The van der Waals surface area contributed by atoms with E-state index in [1.807, 2.05) is 6.92 Å². The molecule has 6 heteroatoms. The largest absolute Gasteiger partial charge is 0.341 e. The molecule has 2 fully saturated rings. The van der Waals surface area contributed by atoms with Gasteiger partial charge in [0, 0.05) is 38.5 Å². The molecule has 1 aromatic rings. The van der Waals surface area contributed by atoms with Gasteiger partial charge in [-0.3, -0.25) is 9.69 Å². The van der Waals surface area contributed by atoms with Gasteiger partial charge in [0.25, 0.3) is 0 Å². The summed E-state index contributed by atoms with van der Waals surface area (Å²) in [4.78, 5) is 21.5. The van der Waals surface area contributed by atoms with Crippen LogP contribution in [0.25, 0.3) is 0 Å². The second-order valence-electron chi connectivity index (χ2n) is 6.92. The van der Waals surface area contributed by atoms with Crippen molar-refractivity contribution in [2.24, 2.45) is 5.41 Å². The van der Waals surface area contributed by atoms with Crippen molar-refractivity contribution in [3.63, 3.8) is 0 Å². The number of amides is 1. The SMILES string of the molecule is Cc1nc(CN2CCCN(C(=O)C3(C)CCCC3)CC2)no1. The molecule has 1 saturated heterocycles. The molecule has 0 N–H and O–H groups in total. The number of carbonyl (C=O) groups excluding carboxylic acids is 1. The molecule has 0 aromatic carbocycles. The normalized spacial score (nSPS) is 22.7. The molecular formula is C16H26N4O2. The molecule has 1 aliphatic carbocycles. The summed E-state index contributed by atoms with van der Waals surface area (Å²) in [6, 6.07) is 0. The van der Waals surface area contributed by atoms with Gasteiger partial charge in [-0.15, -0.1) is 0 Å². The first-order valence-corrected chi connectivity index (χ1v) is 8.38. The van der Waals surface area contributed by atoms with E-state index < -0.39 is 0 Å². The Bertz CT molecular complexity index is 522. The summed E-state index contributed by atoms with van der Waals surface area (Å²) in [6.07, 6.45) is 5.50. The van der Waals surface area contributed by atoms with E-state index in [1.54, 1.807) is 0 Å². The van der Waals surface area contributed by atoms with Crippen molar-refractivity contribution < 1.29 is 9.32 Å². The van der Waals surface area contributed by atoms with Gasteiger partial charge >= 0.3 is 0 Å². The Morgan fingerprint density at radius 3 is 2.64 bits per heavy atom. The summed E-state index contributed by atoms with van der Waals surface area (Å²) < 4.78 is 5.03. The van der Waals surface area contributed by atoms with E-state index in [4.69, 9.17) is 4.52 Å². The van der Waals surface area contributed by atoms with E-state index in [1.165, 1.54) is 12.8 Å². The molecule has 1 saturated carbocycles. The first kappa shape index (κ1) is 15.5. The number of rotatable bonds is 3. The standard InChI is InChI=1S/C16H26N4O2/c1-13-17-14(18-22-13)12-19-8-5-9-20(11-10-19)15(21)16(2)6-3-4-7-16/h3-12H2,1-2H3. The lowest BCUT2D eigenvalue weighted by atomic mass is 9.87. The van der Waals surface area contributed by atoms with Crippen LogP contribution in [0.2, 0.25) is 0 Å². The van der Waals surface area contributed by atoms with Gasteiger partial charge in [0.1, 0.15) is 0 Å². The molecule has 22 heavy (non-hydrogen) atoms. The number of nitrogens with zero attached hydrogens (tertiary/aromatic N) is 4. The molecule has 0 bridgehead atoms. The smallest absolute Gasteiger partial charge is 0.228 e. The highest BCUT2D eigenvalue weighted by Gasteiger charge is 2.39. The lowest BCUT2D eigenvalue weighted by Crippen LogP contribution is -2.43. The van der Waals surface area contributed by atoms with Crippen LogP contribution in [0.15, 0.2) is 4.52 Å². The zero-order valence-corrected chi connectivity index (χ0v) is 13.7. The van der Waals surface area contributed by atoms with Crippen LogP contribution in [0.3, 0.4) is 0 Å². The lowest BCUT2D eigenvalue weighted by Gasteiger charge is -2.31. The lowest BCUT2D eigenvalue weighted by molar-refractivity contribution is -0.140. The number of aromatic nitrogens is 2. The van der Waals surface area contributed by atoms with Crippen LogP contribution >= 0.6 is 0 Å². The van der Waals surface area contributed by atoms with E-state index in [0.29, 0.717) is 18.3 Å². The molecule has 1 aliphatic heterocycles. The maximum atomic E-state index is 12.8. The molecule has 1 aromatic heterocycles. The van der Waals surface area contributed by atoms with E-state index in [-0.39, 0.29) is 5.41 Å². The monoisotopic (exact) mass is 306 g/mol. The molecule has 0 radical (unpaired) electrons. The molecule has 0 unspecified atom stereocenters. The third-order valence-electron chi connectivity index (χ3n) is 5.03. The second-order valence-corrected chi connectivity index (χ2v) is 6.92. The summed E-state index contributed by atoms with van der Waals surface area (Å²) in [5.74, 6) is 1.71. The fourth-order valence-corrected chi connectivity index (χ4v) is 3.69. The predicted molar refractivity (Wildman–Crippen MR) is 82.1 cm³/mol.